The molecule has 4 atom stereocenters. The fraction of sp³-hybridized carbons (Fsp3) is 0.524. The lowest BCUT2D eigenvalue weighted by Gasteiger charge is -2.43. The Morgan fingerprint density at radius 2 is 1.66 bits per heavy atom. The number of nitrogens with one attached hydrogen (secondary N) is 1. The molecule has 8 heteroatoms. The third-order valence-electron chi connectivity index (χ3n) is 4.96. The Labute approximate surface area is 169 Å². The number of hydrogen-bond donors (Lipinski definition) is 2. The molecule has 0 aromatic heterocycles. The summed E-state index contributed by atoms with van der Waals surface area (Å²) in [4.78, 5) is 49.4. The molecule has 1 fully saturated rings. The Morgan fingerprint density at radius 3 is 2.17 bits per heavy atom. The van der Waals surface area contributed by atoms with Crippen molar-refractivity contribution >= 4 is 29.3 Å². The topological polar surface area (TPSA) is 119 Å². The van der Waals surface area contributed by atoms with Gasteiger partial charge in [0.05, 0.1) is 24.7 Å². The highest BCUT2D eigenvalue weighted by molar-refractivity contribution is 6.02. The lowest BCUT2D eigenvalue weighted by atomic mass is 9.61. The van der Waals surface area contributed by atoms with E-state index in [0.29, 0.717) is 11.3 Å². The van der Waals surface area contributed by atoms with Gasteiger partial charge < -0.3 is 19.9 Å². The second kappa shape index (κ2) is 9.17. The van der Waals surface area contributed by atoms with E-state index in [1.807, 2.05) is 0 Å². The third-order valence-corrected chi connectivity index (χ3v) is 4.96. The van der Waals surface area contributed by atoms with E-state index >= 15 is 0 Å². The van der Waals surface area contributed by atoms with Crippen LogP contribution >= 0.6 is 0 Å². The number of carbonyl (C=O) groups excluding carboxylic acids is 4. The van der Waals surface area contributed by atoms with Gasteiger partial charge in [0.15, 0.2) is 5.78 Å². The monoisotopic (exact) mass is 405 g/mol. The summed E-state index contributed by atoms with van der Waals surface area (Å²) in [6.07, 6.45) is -0.361. The van der Waals surface area contributed by atoms with Crippen molar-refractivity contribution in [2.24, 2.45) is 11.8 Å². The van der Waals surface area contributed by atoms with Gasteiger partial charge in [-0.15, -0.1) is 0 Å². The Balaban J connectivity index is 2.56. The summed E-state index contributed by atoms with van der Waals surface area (Å²) < 4.78 is 10.2. The molecule has 1 saturated carbocycles. The van der Waals surface area contributed by atoms with Crippen LogP contribution in [0.2, 0.25) is 0 Å². The van der Waals surface area contributed by atoms with Gasteiger partial charge in [-0.3, -0.25) is 19.2 Å². The fourth-order valence-corrected chi connectivity index (χ4v) is 3.87. The number of hydrogen-bond acceptors (Lipinski definition) is 7. The van der Waals surface area contributed by atoms with Gasteiger partial charge in [-0.05, 0) is 38.5 Å². The molecule has 1 amide bonds. The minimum absolute atomic E-state index is 0.0806. The van der Waals surface area contributed by atoms with Gasteiger partial charge in [0.2, 0.25) is 5.91 Å². The van der Waals surface area contributed by atoms with E-state index in [1.165, 1.54) is 13.8 Å². The van der Waals surface area contributed by atoms with Gasteiger partial charge in [-0.25, -0.2) is 0 Å². The molecular weight excluding hydrogens is 378 g/mol. The van der Waals surface area contributed by atoms with E-state index in [4.69, 9.17) is 9.47 Å². The summed E-state index contributed by atoms with van der Waals surface area (Å²) in [6, 6.07) is 6.44. The molecule has 0 bridgehead atoms. The summed E-state index contributed by atoms with van der Waals surface area (Å²) in [5.74, 6) is -5.51. The highest BCUT2D eigenvalue weighted by Crippen LogP contribution is 2.46. The van der Waals surface area contributed by atoms with Gasteiger partial charge in [-0.2, -0.15) is 0 Å². The lowest BCUT2D eigenvalue weighted by Crippen LogP contribution is -2.55. The van der Waals surface area contributed by atoms with Crippen LogP contribution in [0, 0.1) is 11.8 Å². The molecule has 0 aliphatic heterocycles. The molecule has 0 spiro atoms. The quantitative estimate of drug-likeness (QED) is 0.547. The summed E-state index contributed by atoms with van der Waals surface area (Å²) in [5, 5.41) is 13.5. The Morgan fingerprint density at radius 1 is 1.10 bits per heavy atom. The summed E-state index contributed by atoms with van der Waals surface area (Å²) in [5.41, 5.74) is -0.674. The SMILES string of the molecule is CCOC(=O)[C@@H]1C(=O)C[C@](C)(O)[C@@H](C(=O)OCC)[C@@H]1c1ccc(NC(C)=O)cc1. The first-order valence-corrected chi connectivity index (χ1v) is 9.58. The average molecular weight is 405 g/mol. The average Bonchev–Trinajstić information content (AvgIpc) is 2.60. The number of anilines is 1. The van der Waals surface area contributed by atoms with Gasteiger partial charge in [-0.1, -0.05) is 12.1 Å². The third kappa shape index (κ3) is 5.00. The van der Waals surface area contributed by atoms with Crippen LogP contribution in [-0.4, -0.2) is 47.6 Å². The minimum Gasteiger partial charge on any atom is -0.466 e. The van der Waals surface area contributed by atoms with Crippen molar-refractivity contribution in [2.75, 3.05) is 18.5 Å². The highest BCUT2D eigenvalue weighted by Gasteiger charge is 2.57. The second-order valence-electron chi connectivity index (χ2n) is 7.29. The summed E-state index contributed by atoms with van der Waals surface area (Å²) >= 11 is 0. The van der Waals surface area contributed by atoms with Gasteiger partial charge >= 0.3 is 11.9 Å². The molecule has 0 unspecified atom stereocenters. The smallest absolute Gasteiger partial charge is 0.317 e. The summed E-state index contributed by atoms with van der Waals surface area (Å²) in [6.45, 7) is 6.21. The molecule has 1 aliphatic carbocycles. The summed E-state index contributed by atoms with van der Waals surface area (Å²) in [7, 11) is 0. The molecule has 1 aromatic carbocycles. The van der Waals surface area contributed by atoms with E-state index < -0.39 is 41.1 Å². The number of Topliss-reactive ketones (excluding diaryl/α,β-unsaturated/α-hetero) is 1. The highest BCUT2D eigenvalue weighted by atomic mass is 16.5. The predicted molar refractivity (Wildman–Crippen MR) is 104 cm³/mol. The molecule has 2 N–H and O–H groups in total. The molecule has 0 radical (unpaired) electrons. The zero-order valence-corrected chi connectivity index (χ0v) is 17.1. The first-order chi connectivity index (χ1) is 13.6. The van der Waals surface area contributed by atoms with Crippen LogP contribution in [-0.2, 0) is 28.7 Å². The standard InChI is InChI=1S/C21H27NO7/c1-5-28-19(25)17-15(24)11-21(4,27)18(20(26)29-6-2)16(17)13-7-9-14(10-8-13)22-12(3)23/h7-10,16-18,27H,5-6,11H2,1-4H3,(H,22,23)/t16-,17-,18-,21+/m1/s1. The van der Waals surface area contributed by atoms with Crippen LogP contribution in [0.5, 0.6) is 0 Å². The first kappa shape index (κ1) is 22.5. The Bertz CT molecular complexity index is 785. The van der Waals surface area contributed by atoms with Crippen LogP contribution in [0.25, 0.3) is 0 Å². The number of ketones is 1. The number of rotatable bonds is 6. The maximum atomic E-state index is 12.8. The number of benzene rings is 1. The molecule has 2 rings (SSSR count). The molecule has 1 aliphatic rings. The van der Waals surface area contributed by atoms with Crippen molar-refractivity contribution < 1.29 is 33.8 Å². The minimum atomic E-state index is -1.69. The fourth-order valence-electron chi connectivity index (χ4n) is 3.87. The van der Waals surface area contributed by atoms with Crippen molar-refractivity contribution in [2.45, 2.75) is 45.6 Å². The molecule has 0 saturated heterocycles. The van der Waals surface area contributed by atoms with Crippen LogP contribution < -0.4 is 5.32 Å². The van der Waals surface area contributed by atoms with Crippen molar-refractivity contribution in [3.05, 3.63) is 29.8 Å². The number of aliphatic hydroxyl groups is 1. The first-order valence-electron chi connectivity index (χ1n) is 9.58. The van der Waals surface area contributed by atoms with E-state index in [0.717, 1.165) is 0 Å². The number of ether oxygens (including phenoxy) is 2. The molecule has 158 valence electrons. The number of amides is 1. The maximum Gasteiger partial charge on any atom is 0.317 e. The lowest BCUT2D eigenvalue weighted by molar-refractivity contribution is -0.172. The number of esters is 2. The molecule has 0 heterocycles. The zero-order chi connectivity index (χ0) is 21.8. The van der Waals surface area contributed by atoms with Crippen molar-refractivity contribution in [1.82, 2.24) is 0 Å². The van der Waals surface area contributed by atoms with Crippen LogP contribution in [0.1, 0.15) is 45.6 Å². The van der Waals surface area contributed by atoms with Gasteiger partial charge in [0.25, 0.3) is 0 Å². The zero-order valence-electron chi connectivity index (χ0n) is 17.1. The van der Waals surface area contributed by atoms with Crippen LogP contribution in [0.4, 0.5) is 5.69 Å². The van der Waals surface area contributed by atoms with Crippen LogP contribution in [0.15, 0.2) is 24.3 Å². The Kier molecular flexibility index (Phi) is 7.13. The normalized spacial score (nSPS) is 26.5. The molecule has 29 heavy (non-hydrogen) atoms. The van der Waals surface area contributed by atoms with E-state index in [2.05, 4.69) is 5.32 Å². The molecule has 8 nitrogen and oxygen atoms in total. The molecule has 1 aromatic rings. The maximum absolute atomic E-state index is 12.8. The van der Waals surface area contributed by atoms with Gasteiger partial charge in [0.1, 0.15) is 5.92 Å². The van der Waals surface area contributed by atoms with Crippen molar-refractivity contribution in [3.8, 4) is 0 Å². The molecular formula is C21H27NO7. The van der Waals surface area contributed by atoms with Gasteiger partial charge in [0, 0.05) is 24.9 Å². The van der Waals surface area contributed by atoms with E-state index in [9.17, 15) is 24.3 Å². The Hall–Kier alpha value is -2.74. The van der Waals surface area contributed by atoms with E-state index in [1.54, 1.807) is 38.1 Å². The predicted octanol–water partition coefficient (Wildman–Crippen LogP) is 1.81. The number of carbonyl (C=O) groups is 4. The van der Waals surface area contributed by atoms with Crippen molar-refractivity contribution in [3.63, 3.8) is 0 Å². The second-order valence-corrected chi connectivity index (χ2v) is 7.29. The van der Waals surface area contributed by atoms with E-state index in [-0.39, 0.29) is 25.5 Å². The van der Waals surface area contributed by atoms with Crippen molar-refractivity contribution in [1.29, 1.82) is 0 Å². The largest absolute Gasteiger partial charge is 0.466 e. The van der Waals surface area contributed by atoms with Crippen LogP contribution in [0.3, 0.4) is 0 Å².